The third kappa shape index (κ3) is 3.70. The lowest BCUT2D eigenvalue weighted by atomic mass is 10.0. The molecule has 0 aliphatic carbocycles. The van der Waals surface area contributed by atoms with Crippen molar-refractivity contribution in [1.82, 2.24) is 4.31 Å². The van der Waals surface area contributed by atoms with Gasteiger partial charge >= 0.3 is 0 Å². The van der Waals surface area contributed by atoms with Crippen LogP contribution < -0.4 is 10.1 Å². The predicted octanol–water partition coefficient (Wildman–Crippen LogP) is 1.44. The van der Waals surface area contributed by atoms with Gasteiger partial charge in [0.2, 0.25) is 10.0 Å². The molecule has 0 amide bonds. The Bertz CT molecular complexity index is 704. The zero-order valence-electron chi connectivity index (χ0n) is 12.8. The molecular formula is C13H18FN3O5S. The van der Waals surface area contributed by atoms with E-state index in [0.29, 0.717) is 19.6 Å². The van der Waals surface area contributed by atoms with Crippen LogP contribution in [0, 0.1) is 21.8 Å². The zero-order valence-corrected chi connectivity index (χ0v) is 13.6. The molecule has 8 nitrogen and oxygen atoms in total. The number of nitro groups is 1. The molecule has 0 radical (unpaired) electrons. The third-order valence-corrected chi connectivity index (χ3v) is 5.54. The Morgan fingerprint density at radius 3 is 2.65 bits per heavy atom. The second-order valence-electron chi connectivity index (χ2n) is 5.23. The van der Waals surface area contributed by atoms with E-state index in [2.05, 4.69) is 5.32 Å². The van der Waals surface area contributed by atoms with E-state index in [9.17, 15) is 22.9 Å². The summed E-state index contributed by atoms with van der Waals surface area (Å²) >= 11 is 0. The second-order valence-corrected chi connectivity index (χ2v) is 7.48. The van der Waals surface area contributed by atoms with Crippen LogP contribution in [0.4, 0.5) is 15.8 Å². The molecule has 1 aliphatic heterocycles. The highest BCUT2D eigenvalue weighted by Crippen LogP contribution is 2.32. The van der Waals surface area contributed by atoms with Gasteiger partial charge in [-0.1, -0.05) is 0 Å². The van der Waals surface area contributed by atoms with E-state index in [1.807, 2.05) is 0 Å². The van der Waals surface area contributed by atoms with Gasteiger partial charge in [0.25, 0.3) is 5.69 Å². The van der Waals surface area contributed by atoms with E-state index >= 15 is 0 Å². The molecule has 23 heavy (non-hydrogen) atoms. The molecule has 0 spiro atoms. The smallest absolute Gasteiger partial charge is 0.295 e. The molecule has 0 atom stereocenters. The van der Waals surface area contributed by atoms with Crippen LogP contribution in [0.1, 0.15) is 6.92 Å². The summed E-state index contributed by atoms with van der Waals surface area (Å²) in [5, 5.41) is 13.9. The van der Waals surface area contributed by atoms with Crippen LogP contribution in [0.15, 0.2) is 12.1 Å². The standard InChI is InChI=1S/C13H18FN3O5S/c1-3-23(20,21)16-7-9(8-16)6-15-11-5-13(22-2)10(14)4-12(11)17(18)19/h4-5,9,15H,3,6-8H2,1-2H3. The van der Waals surface area contributed by atoms with Gasteiger partial charge in [-0.3, -0.25) is 10.1 Å². The summed E-state index contributed by atoms with van der Waals surface area (Å²) in [6.07, 6.45) is 0. The van der Waals surface area contributed by atoms with Crippen LogP contribution in [0.25, 0.3) is 0 Å². The molecule has 1 saturated heterocycles. The topological polar surface area (TPSA) is 102 Å². The van der Waals surface area contributed by atoms with Crippen molar-refractivity contribution in [3.05, 3.63) is 28.1 Å². The van der Waals surface area contributed by atoms with E-state index in [-0.39, 0.29) is 28.8 Å². The van der Waals surface area contributed by atoms with Crippen molar-refractivity contribution in [3.63, 3.8) is 0 Å². The number of halogens is 1. The van der Waals surface area contributed by atoms with Crippen molar-refractivity contribution >= 4 is 21.4 Å². The Hall–Kier alpha value is -1.94. The molecule has 1 heterocycles. The van der Waals surface area contributed by atoms with Gasteiger partial charge in [-0.15, -0.1) is 0 Å². The molecule has 1 aliphatic rings. The minimum Gasteiger partial charge on any atom is -0.494 e. The molecular weight excluding hydrogens is 329 g/mol. The van der Waals surface area contributed by atoms with E-state index < -0.39 is 20.8 Å². The molecule has 10 heteroatoms. The number of hydrogen-bond donors (Lipinski definition) is 1. The van der Waals surface area contributed by atoms with Gasteiger partial charge in [-0.25, -0.2) is 17.1 Å². The fraction of sp³-hybridized carbons (Fsp3) is 0.538. The lowest BCUT2D eigenvalue weighted by molar-refractivity contribution is -0.384. The lowest BCUT2D eigenvalue weighted by Crippen LogP contribution is -2.52. The monoisotopic (exact) mass is 347 g/mol. The summed E-state index contributed by atoms with van der Waals surface area (Å²) in [6.45, 7) is 2.67. The molecule has 0 bridgehead atoms. The van der Waals surface area contributed by atoms with E-state index in [1.165, 1.54) is 17.5 Å². The fourth-order valence-corrected chi connectivity index (χ4v) is 3.55. The first kappa shape index (κ1) is 17.4. The Morgan fingerprint density at radius 1 is 1.48 bits per heavy atom. The molecule has 1 fully saturated rings. The number of nitrogens with zero attached hydrogens (tertiary/aromatic N) is 2. The van der Waals surface area contributed by atoms with Crippen LogP contribution in [0.3, 0.4) is 0 Å². The SMILES string of the molecule is CCS(=O)(=O)N1CC(CNc2cc(OC)c(F)cc2[N+](=O)[O-])C1. The van der Waals surface area contributed by atoms with Crippen LogP contribution in [-0.2, 0) is 10.0 Å². The molecule has 0 saturated carbocycles. The number of ether oxygens (including phenoxy) is 1. The first-order valence-electron chi connectivity index (χ1n) is 7.02. The van der Waals surface area contributed by atoms with Crippen LogP contribution >= 0.6 is 0 Å². The van der Waals surface area contributed by atoms with Gasteiger partial charge in [-0.05, 0) is 6.92 Å². The van der Waals surface area contributed by atoms with Crippen molar-refractivity contribution < 1.29 is 22.5 Å². The number of anilines is 1. The van der Waals surface area contributed by atoms with Gasteiger partial charge in [0.1, 0.15) is 5.69 Å². The van der Waals surface area contributed by atoms with Crippen molar-refractivity contribution in [1.29, 1.82) is 0 Å². The van der Waals surface area contributed by atoms with E-state index in [1.54, 1.807) is 6.92 Å². The number of sulfonamides is 1. The molecule has 1 aromatic carbocycles. The van der Waals surface area contributed by atoms with Gasteiger partial charge in [0, 0.05) is 31.6 Å². The summed E-state index contributed by atoms with van der Waals surface area (Å²) < 4.78 is 43.0. The van der Waals surface area contributed by atoms with Crippen molar-refractivity contribution in [3.8, 4) is 5.75 Å². The number of hydrogen-bond acceptors (Lipinski definition) is 6. The quantitative estimate of drug-likeness (QED) is 0.591. The Labute approximate surface area is 133 Å². The maximum absolute atomic E-state index is 13.6. The highest BCUT2D eigenvalue weighted by Gasteiger charge is 2.34. The zero-order chi connectivity index (χ0) is 17.2. The maximum Gasteiger partial charge on any atom is 0.295 e. The van der Waals surface area contributed by atoms with Gasteiger partial charge < -0.3 is 10.1 Å². The molecule has 1 N–H and O–H groups in total. The van der Waals surface area contributed by atoms with Gasteiger partial charge in [-0.2, -0.15) is 0 Å². The van der Waals surface area contributed by atoms with E-state index in [0.717, 1.165) is 6.07 Å². The molecule has 0 aromatic heterocycles. The summed E-state index contributed by atoms with van der Waals surface area (Å²) in [4.78, 5) is 10.3. The van der Waals surface area contributed by atoms with Crippen LogP contribution in [0.2, 0.25) is 0 Å². The number of nitro benzene ring substituents is 1. The van der Waals surface area contributed by atoms with Crippen molar-refractivity contribution in [2.45, 2.75) is 6.92 Å². The highest BCUT2D eigenvalue weighted by molar-refractivity contribution is 7.89. The minimum atomic E-state index is -3.19. The summed E-state index contributed by atoms with van der Waals surface area (Å²) in [6, 6.07) is 2.03. The summed E-state index contributed by atoms with van der Waals surface area (Å²) in [5.74, 6) is -0.809. The number of benzene rings is 1. The molecule has 2 rings (SSSR count). The van der Waals surface area contributed by atoms with Crippen molar-refractivity contribution in [2.24, 2.45) is 5.92 Å². The largest absolute Gasteiger partial charge is 0.494 e. The molecule has 0 unspecified atom stereocenters. The average Bonchev–Trinajstić information content (AvgIpc) is 2.46. The van der Waals surface area contributed by atoms with Crippen molar-refractivity contribution in [2.75, 3.05) is 37.8 Å². The lowest BCUT2D eigenvalue weighted by Gasteiger charge is -2.38. The second kappa shape index (κ2) is 6.67. The minimum absolute atomic E-state index is 0.0481. The molecule has 128 valence electrons. The first-order chi connectivity index (χ1) is 10.8. The Balaban J connectivity index is 2.03. The predicted molar refractivity (Wildman–Crippen MR) is 82.6 cm³/mol. The number of rotatable bonds is 7. The average molecular weight is 347 g/mol. The van der Waals surface area contributed by atoms with Gasteiger partial charge in [0.05, 0.1) is 23.9 Å². The summed E-state index contributed by atoms with van der Waals surface area (Å²) in [5.41, 5.74) is -0.245. The highest BCUT2D eigenvalue weighted by atomic mass is 32.2. The summed E-state index contributed by atoms with van der Waals surface area (Å²) in [7, 11) is -1.92. The number of methoxy groups -OCH3 is 1. The van der Waals surface area contributed by atoms with E-state index in [4.69, 9.17) is 4.74 Å². The van der Waals surface area contributed by atoms with Crippen LogP contribution in [0.5, 0.6) is 5.75 Å². The van der Waals surface area contributed by atoms with Crippen LogP contribution in [-0.4, -0.2) is 50.1 Å². The molecule has 1 aromatic rings. The normalized spacial score (nSPS) is 16.0. The number of nitrogens with one attached hydrogen (secondary N) is 1. The fourth-order valence-electron chi connectivity index (χ4n) is 2.31. The van der Waals surface area contributed by atoms with Gasteiger partial charge in [0.15, 0.2) is 11.6 Å². The Morgan fingerprint density at radius 2 is 2.13 bits per heavy atom. The maximum atomic E-state index is 13.6. The third-order valence-electron chi connectivity index (χ3n) is 3.73. The first-order valence-corrected chi connectivity index (χ1v) is 8.63. The Kier molecular flexibility index (Phi) is 5.05.